The van der Waals surface area contributed by atoms with E-state index in [1.165, 1.54) is 22.6 Å². The van der Waals surface area contributed by atoms with Crippen molar-refractivity contribution in [2.75, 3.05) is 32.7 Å². The van der Waals surface area contributed by atoms with E-state index in [1.54, 1.807) is 13.8 Å². The highest BCUT2D eigenvalue weighted by Gasteiger charge is 2.23. The predicted octanol–water partition coefficient (Wildman–Crippen LogP) is 2.08. The molecule has 1 aromatic carbocycles. The van der Waals surface area contributed by atoms with Crippen LogP contribution in [0.4, 0.5) is 0 Å². The van der Waals surface area contributed by atoms with Gasteiger partial charge in [-0.2, -0.15) is 4.31 Å². The number of rotatable bonds is 12. The molecule has 0 aliphatic rings. The first-order chi connectivity index (χ1) is 15.3. The average Bonchev–Trinajstić information content (AvgIpc) is 2.79. The van der Waals surface area contributed by atoms with Crippen LogP contribution in [-0.4, -0.2) is 60.8 Å². The summed E-state index contributed by atoms with van der Waals surface area (Å²) in [5.41, 5.74) is 0.669. The van der Waals surface area contributed by atoms with Gasteiger partial charge in [-0.3, -0.25) is 14.5 Å². The molecule has 0 saturated heterocycles. The highest BCUT2D eigenvalue weighted by atomic mass is 32.2. The molecule has 9 heteroatoms. The van der Waals surface area contributed by atoms with Crippen LogP contribution in [-0.2, 0) is 21.4 Å². The number of benzene rings is 1. The summed E-state index contributed by atoms with van der Waals surface area (Å²) in [4.78, 5) is 27.2. The molecule has 2 aromatic rings. The molecule has 32 heavy (non-hydrogen) atoms. The maximum absolute atomic E-state index is 12.8. The molecule has 1 N–H and O–H groups in total. The van der Waals surface area contributed by atoms with Gasteiger partial charge in [-0.25, -0.2) is 8.42 Å². The lowest BCUT2D eigenvalue weighted by molar-refractivity contribution is -0.122. The van der Waals surface area contributed by atoms with Crippen molar-refractivity contribution in [2.24, 2.45) is 0 Å². The Labute approximate surface area is 190 Å². The van der Waals surface area contributed by atoms with E-state index in [9.17, 15) is 18.0 Å². The minimum absolute atomic E-state index is 0.00102. The van der Waals surface area contributed by atoms with E-state index in [2.05, 4.69) is 24.1 Å². The molecule has 0 aliphatic carbocycles. The van der Waals surface area contributed by atoms with Gasteiger partial charge in [0, 0.05) is 31.9 Å². The van der Waals surface area contributed by atoms with Crippen LogP contribution in [0.2, 0.25) is 0 Å². The van der Waals surface area contributed by atoms with Crippen molar-refractivity contribution >= 4 is 15.9 Å². The van der Waals surface area contributed by atoms with Gasteiger partial charge >= 0.3 is 0 Å². The predicted molar refractivity (Wildman–Crippen MR) is 126 cm³/mol. The Hall–Kier alpha value is -2.49. The van der Waals surface area contributed by atoms with Crippen LogP contribution in [0.25, 0.3) is 0 Å². The van der Waals surface area contributed by atoms with E-state index >= 15 is 0 Å². The maximum Gasteiger partial charge on any atom is 0.251 e. The summed E-state index contributed by atoms with van der Waals surface area (Å²) in [6.45, 7) is 10.1. The Balaban J connectivity index is 2.17. The van der Waals surface area contributed by atoms with E-state index in [1.807, 2.05) is 30.3 Å². The number of nitrogens with zero attached hydrogens (tertiary/aromatic N) is 3. The number of hydrogen-bond donors (Lipinski definition) is 1. The second-order valence-electron chi connectivity index (χ2n) is 7.37. The number of sulfonamides is 1. The second kappa shape index (κ2) is 11.9. The highest BCUT2D eigenvalue weighted by molar-refractivity contribution is 7.89. The van der Waals surface area contributed by atoms with Crippen molar-refractivity contribution in [3.8, 4) is 0 Å². The van der Waals surface area contributed by atoms with Crippen LogP contribution in [0.1, 0.15) is 39.3 Å². The first kappa shape index (κ1) is 25.8. The first-order valence-electron chi connectivity index (χ1n) is 11.0. The fourth-order valence-electron chi connectivity index (χ4n) is 3.72. The summed E-state index contributed by atoms with van der Waals surface area (Å²) >= 11 is 0. The molecule has 176 valence electrons. The molecule has 1 atom stereocenters. The van der Waals surface area contributed by atoms with E-state index in [-0.39, 0.29) is 23.4 Å². The molecule has 0 saturated carbocycles. The summed E-state index contributed by atoms with van der Waals surface area (Å²) in [5, 5.41) is 2.91. The zero-order chi connectivity index (χ0) is 23.7. The fraction of sp³-hybridized carbons (Fsp3) is 0.478. The number of pyridine rings is 1. The van der Waals surface area contributed by atoms with E-state index in [0.29, 0.717) is 19.6 Å². The standard InChI is InChI=1S/C23H34N4O4S/c1-5-25(6-2)21(19-12-10-9-11-13-19)16-24-22(28)18-26-17-20(14-15-23(26)29)32(30,31)27(7-3)8-4/h9-15,17,21H,5-8,16,18H2,1-4H3,(H,24,28). The number of aromatic nitrogens is 1. The van der Waals surface area contributed by atoms with Gasteiger partial charge in [0.1, 0.15) is 6.54 Å². The van der Waals surface area contributed by atoms with Crippen molar-refractivity contribution in [1.82, 2.24) is 19.1 Å². The number of nitrogens with one attached hydrogen (secondary N) is 1. The summed E-state index contributed by atoms with van der Waals surface area (Å²) in [6, 6.07) is 12.4. The lowest BCUT2D eigenvalue weighted by Crippen LogP contribution is -2.40. The third-order valence-electron chi connectivity index (χ3n) is 5.54. The number of amides is 1. The Kier molecular flexibility index (Phi) is 9.61. The van der Waals surface area contributed by atoms with Gasteiger partial charge in [0.2, 0.25) is 15.9 Å². The topological polar surface area (TPSA) is 91.7 Å². The summed E-state index contributed by atoms with van der Waals surface area (Å²) in [6.07, 6.45) is 1.24. The monoisotopic (exact) mass is 462 g/mol. The van der Waals surface area contributed by atoms with Crippen molar-refractivity contribution in [3.05, 3.63) is 64.6 Å². The fourth-order valence-corrected chi connectivity index (χ4v) is 5.20. The van der Waals surface area contributed by atoms with Gasteiger partial charge in [0.15, 0.2) is 0 Å². The molecule has 1 aromatic heterocycles. The Morgan fingerprint density at radius 1 is 0.969 bits per heavy atom. The quantitative estimate of drug-likeness (QED) is 0.521. The maximum atomic E-state index is 12.8. The summed E-state index contributed by atoms with van der Waals surface area (Å²) < 4.78 is 28.0. The molecule has 1 unspecified atom stereocenters. The summed E-state index contributed by atoms with van der Waals surface area (Å²) in [7, 11) is -3.72. The normalized spacial score (nSPS) is 12.8. The van der Waals surface area contributed by atoms with Crippen LogP contribution in [0.3, 0.4) is 0 Å². The first-order valence-corrected chi connectivity index (χ1v) is 12.5. The molecule has 0 spiro atoms. The molecule has 0 aliphatic heterocycles. The number of carbonyl (C=O) groups excluding carboxylic acids is 1. The van der Waals surface area contributed by atoms with Crippen molar-refractivity contribution in [2.45, 2.75) is 45.2 Å². The van der Waals surface area contributed by atoms with Crippen molar-refractivity contribution in [1.29, 1.82) is 0 Å². The van der Waals surface area contributed by atoms with Crippen molar-refractivity contribution < 1.29 is 13.2 Å². The van der Waals surface area contributed by atoms with Crippen LogP contribution >= 0.6 is 0 Å². The van der Waals surface area contributed by atoms with Gasteiger partial charge in [-0.05, 0) is 24.7 Å². The second-order valence-corrected chi connectivity index (χ2v) is 9.31. The van der Waals surface area contributed by atoms with Gasteiger partial charge in [-0.1, -0.05) is 58.0 Å². The van der Waals surface area contributed by atoms with Crippen LogP contribution in [0.5, 0.6) is 0 Å². The number of likely N-dealkylation sites (N-methyl/N-ethyl adjacent to an activating group) is 1. The van der Waals surface area contributed by atoms with Crippen molar-refractivity contribution in [3.63, 3.8) is 0 Å². The van der Waals surface area contributed by atoms with Gasteiger partial charge in [0.25, 0.3) is 5.56 Å². The Bertz CT molecular complexity index is 1030. The average molecular weight is 463 g/mol. The van der Waals surface area contributed by atoms with E-state index < -0.39 is 15.6 Å². The third-order valence-corrected chi connectivity index (χ3v) is 7.58. The zero-order valence-electron chi connectivity index (χ0n) is 19.3. The minimum Gasteiger partial charge on any atom is -0.353 e. The number of hydrogen-bond acceptors (Lipinski definition) is 5. The molecular formula is C23H34N4O4S. The third kappa shape index (κ3) is 6.27. The van der Waals surface area contributed by atoms with Gasteiger partial charge < -0.3 is 9.88 Å². The lowest BCUT2D eigenvalue weighted by atomic mass is 10.1. The van der Waals surface area contributed by atoms with Gasteiger partial charge in [-0.15, -0.1) is 0 Å². The van der Waals surface area contributed by atoms with Crippen LogP contribution < -0.4 is 10.9 Å². The smallest absolute Gasteiger partial charge is 0.251 e. The molecule has 0 bridgehead atoms. The zero-order valence-corrected chi connectivity index (χ0v) is 20.1. The molecule has 0 fully saturated rings. The molecule has 1 heterocycles. The molecule has 8 nitrogen and oxygen atoms in total. The molecule has 1 amide bonds. The minimum atomic E-state index is -3.72. The van der Waals surface area contributed by atoms with Crippen LogP contribution in [0.15, 0.2) is 58.4 Å². The van der Waals surface area contributed by atoms with Crippen LogP contribution in [0, 0.1) is 0 Å². The number of carbonyl (C=O) groups is 1. The largest absolute Gasteiger partial charge is 0.353 e. The van der Waals surface area contributed by atoms with Gasteiger partial charge in [0.05, 0.1) is 10.9 Å². The Morgan fingerprint density at radius 2 is 1.59 bits per heavy atom. The van der Waals surface area contributed by atoms with E-state index in [0.717, 1.165) is 23.2 Å². The SMILES string of the molecule is CCN(CC)C(CNC(=O)Cn1cc(S(=O)(=O)N(CC)CC)ccc1=O)c1ccccc1. The lowest BCUT2D eigenvalue weighted by Gasteiger charge is -2.30. The highest BCUT2D eigenvalue weighted by Crippen LogP contribution is 2.19. The summed E-state index contributed by atoms with van der Waals surface area (Å²) in [5.74, 6) is -0.349. The Morgan fingerprint density at radius 3 is 2.16 bits per heavy atom. The molecular weight excluding hydrogens is 428 g/mol. The van der Waals surface area contributed by atoms with E-state index in [4.69, 9.17) is 0 Å². The molecule has 2 rings (SSSR count). The molecule has 0 radical (unpaired) electrons.